The van der Waals surface area contributed by atoms with Crippen molar-refractivity contribution in [3.63, 3.8) is 0 Å². The lowest BCUT2D eigenvalue weighted by Crippen LogP contribution is -2.61. The summed E-state index contributed by atoms with van der Waals surface area (Å²) in [5.41, 5.74) is 0.0958. The van der Waals surface area contributed by atoms with Crippen molar-refractivity contribution in [2.24, 2.45) is 0 Å². The lowest BCUT2D eigenvalue weighted by Gasteiger charge is -2.42. The molecule has 0 spiro atoms. The third-order valence-corrected chi connectivity index (χ3v) is 3.94. The number of alkyl carbamates (subject to hydrolysis) is 1. The van der Waals surface area contributed by atoms with Gasteiger partial charge in [-0.1, -0.05) is 18.2 Å². The van der Waals surface area contributed by atoms with Gasteiger partial charge < -0.3 is 19.6 Å². The van der Waals surface area contributed by atoms with Gasteiger partial charge in [-0.15, -0.1) is 0 Å². The molecule has 0 radical (unpaired) electrons. The Hall–Kier alpha value is -2.54. The number of benzene rings is 1. The van der Waals surface area contributed by atoms with E-state index in [-0.39, 0.29) is 6.04 Å². The Kier molecular flexibility index (Phi) is 4.43. The summed E-state index contributed by atoms with van der Waals surface area (Å²) in [5, 5.41) is 13.2. The van der Waals surface area contributed by atoms with Crippen molar-refractivity contribution in [1.29, 1.82) is 0 Å². The number of carbonyl (C=O) groups excluding carboxylic acids is 1. The van der Waals surface area contributed by atoms with Gasteiger partial charge in [-0.25, -0.2) is 4.79 Å². The van der Waals surface area contributed by atoms with E-state index in [1.165, 1.54) is 0 Å². The number of ether oxygens (including phenoxy) is 1. The molecular weight excluding hydrogens is 324 g/mol. The first-order valence-corrected chi connectivity index (χ1v) is 8.18. The van der Waals surface area contributed by atoms with Gasteiger partial charge in [0.2, 0.25) is 0 Å². The number of carboxylic acids is 1. The summed E-state index contributed by atoms with van der Waals surface area (Å²) in [6.45, 7) is 6.23. The van der Waals surface area contributed by atoms with E-state index in [1.54, 1.807) is 37.8 Å². The third kappa shape index (κ3) is 3.93. The topological polar surface area (TPSA) is 92.0 Å². The number of furan rings is 1. The molecular formula is C18H22N2O5. The summed E-state index contributed by atoms with van der Waals surface area (Å²) in [4.78, 5) is 25.2. The van der Waals surface area contributed by atoms with Gasteiger partial charge in [0.05, 0.1) is 6.04 Å². The van der Waals surface area contributed by atoms with Crippen molar-refractivity contribution < 1.29 is 23.8 Å². The van der Waals surface area contributed by atoms with Gasteiger partial charge in [-0.05, 0) is 32.9 Å². The van der Waals surface area contributed by atoms with Crippen LogP contribution in [0.4, 0.5) is 4.79 Å². The number of fused-ring (bicyclic) bond motifs is 1. The first-order valence-electron chi connectivity index (χ1n) is 8.18. The number of aliphatic carboxylic acids is 1. The van der Waals surface area contributed by atoms with Crippen LogP contribution in [0.3, 0.4) is 0 Å². The zero-order valence-corrected chi connectivity index (χ0v) is 14.5. The van der Waals surface area contributed by atoms with Crippen LogP contribution in [0.15, 0.2) is 34.7 Å². The summed E-state index contributed by atoms with van der Waals surface area (Å²) in [5.74, 6) is -0.584. The number of likely N-dealkylation sites (tertiary alicyclic amines) is 1. The first-order chi connectivity index (χ1) is 11.7. The molecule has 7 nitrogen and oxygen atoms in total. The molecule has 3 rings (SSSR count). The quantitative estimate of drug-likeness (QED) is 0.884. The highest BCUT2D eigenvalue weighted by Gasteiger charge is 2.40. The van der Waals surface area contributed by atoms with Gasteiger partial charge in [-0.2, -0.15) is 0 Å². The Labute approximate surface area is 145 Å². The van der Waals surface area contributed by atoms with Crippen LogP contribution in [-0.4, -0.2) is 46.8 Å². The van der Waals surface area contributed by atoms with Crippen LogP contribution in [0.1, 0.15) is 32.6 Å². The van der Waals surface area contributed by atoms with E-state index < -0.39 is 23.7 Å². The molecule has 1 aliphatic heterocycles. The minimum Gasteiger partial charge on any atom is -0.480 e. The summed E-state index contributed by atoms with van der Waals surface area (Å²) in [6, 6.07) is 8.15. The largest absolute Gasteiger partial charge is 0.480 e. The molecule has 7 heteroatoms. The van der Waals surface area contributed by atoms with Crippen LogP contribution in [0.25, 0.3) is 11.0 Å². The average molecular weight is 346 g/mol. The summed E-state index contributed by atoms with van der Waals surface area (Å²) in [7, 11) is 0. The van der Waals surface area contributed by atoms with Crippen LogP contribution < -0.4 is 5.32 Å². The number of para-hydroxylation sites is 1. The SMILES string of the molecule is CC(C)(C)OC(=O)NC1CN(C(C(=O)O)c2cc3ccccc3o2)C1. The van der Waals surface area contributed by atoms with Crippen LogP contribution in [0.2, 0.25) is 0 Å². The van der Waals surface area contributed by atoms with Crippen LogP contribution >= 0.6 is 0 Å². The molecule has 1 aromatic carbocycles. The van der Waals surface area contributed by atoms with Crippen LogP contribution in [0, 0.1) is 0 Å². The molecule has 1 aliphatic rings. The van der Waals surface area contributed by atoms with Gasteiger partial charge in [0.1, 0.15) is 16.9 Å². The minimum atomic E-state index is -0.977. The first kappa shape index (κ1) is 17.3. The molecule has 1 fully saturated rings. The smallest absolute Gasteiger partial charge is 0.407 e. The molecule has 0 bridgehead atoms. The normalized spacial score (nSPS) is 17.1. The monoisotopic (exact) mass is 346 g/mol. The number of carbonyl (C=O) groups is 2. The predicted molar refractivity (Wildman–Crippen MR) is 91.3 cm³/mol. The van der Waals surface area contributed by atoms with E-state index in [9.17, 15) is 14.7 Å². The zero-order valence-electron chi connectivity index (χ0n) is 14.5. The predicted octanol–water partition coefficient (Wildman–Crippen LogP) is 2.77. The van der Waals surface area contributed by atoms with E-state index in [2.05, 4.69) is 5.32 Å². The molecule has 1 atom stereocenters. The van der Waals surface area contributed by atoms with Gasteiger partial charge in [0, 0.05) is 18.5 Å². The number of rotatable bonds is 4. The molecule has 2 N–H and O–H groups in total. The molecule has 2 aromatic rings. The summed E-state index contributed by atoms with van der Waals surface area (Å²) in [6.07, 6.45) is -0.493. The number of hydrogen-bond acceptors (Lipinski definition) is 5. The van der Waals surface area contributed by atoms with Crippen LogP contribution in [-0.2, 0) is 9.53 Å². The molecule has 1 amide bonds. The zero-order chi connectivity index (χ0) is 18.2. The molecule has 0 aliphatic carbocycles. The van der Waals surface area contributed by atoms with E-state index >= 15 is 0 Å². The van der Waals surface area contributed by atoms with E-state index in [4.69, 9.17) is 9.15 Å². The number of hydrogen-bond donors (Lipinski definition) is 2. The Morgan fingerprint density at radius 3 is 2.60 bits per heavy atom. The number of amides is 1. The lowest BCUT2D eigenvalue weighted by atomic mass is 10.0. The van der Waals surface area contributed by atoms with Gasteiger partial charge in [0.25, 0.3) is 0 Å². The second-order valence-electron chi connectivity index (χ2n) is 7.22. The van der Waals surface area contributed by atoms with Crippen molar-refractivity contribution in [2.75, 3.05) is 13.1 Å². The molecule has 1 unspecified atom stereocenters. The maximum Gasteiger partial charge on any atom is 0.407 e. The third-order valence-electron chi connectivity index (χ3n) is 3.94. The van der Waals surface area contributed by atoms with Crippen molar-refractivity contribution in [2.45, 2.75) is 38.5 Å². The fourth-order valence-corrected chi connectivity index (χ4v) is 2.88. The minimum absolute atomic E-state index is 0.138. The van der Waals surface area contributed by atoms with Crippen molar-refractivity contribution in [3.8, 4) is 0 Å². The van der Waals surface area contributed by atoms with Gasteiger partial charge in [0.15, 0.2) is 6.04 Å². The number of nitrogens with zero attached hydrogens (tertiary/aromatic N) is 1. The Morgan fingerprint density at radius 2 is 2.00 bits per heavy atom. The van der Waals surface area contributed by atoms with Gasteiger partial charge >= 0.3 is 12.1 Å². The standard InChI is InChI=1S/C18H22N2O5/c1-18(2,3)25-17(23)19-12-9-20(10-12)15(16(21)22)14-8-11-6-4-5-7-13(11)24-14/h4-8,12,15H,9-10H2,1-3H3,(H,19,23)(H,21,22). The summed E-state index contributed by atoms with van der Waals surface area (Å²) >= 11 is 0. The van der Waals surface area contributed by atoms with Crippen molar-refractivity contribution in [3.05, 3.63) is 36.1 Å². The molecule has 25 heavy (non-hydrogen) atoms. The van der Waals surface area contributed by atoms with E-state index in [0.717, 1.165) is 5.39 Å². The van der Waals surface area contributed by atoms with E-state index in [1.807, 2.05) is 18.2 Å². The Bertz CT molecular complexity index is 753. The Balaban J connectivity index is 1.64. The second-order valence-corrected chi connectivity index (χ2v) is 7.22. The fraction of sp³-hybridized carbons (Fsp3) is 0.444. The number of carboxylic acid groups (broad SMARTS) is 1. The second kappa shape index (κ2) is 6.40. The molecule has 2 heterocycles. The van der Waals surface area contributed by atoms with Crippen LogP contribution in [0.5, 0.6) is 0 Å². The van der Waals surface area contributed by atoms with E-state index in [0.29, 0.717) is 24.4 Å². The highest BCUT2D eigenvalue weighted by Crippen LogP contribution is 2.31. The molecule has 1 saturated heterocycles. The molecule has 134 valence electrons. The van der Waals surface area contributed by atoms with Gasteiger partial charge in [-0.3, -0.25) is 9.69 Å². The Morgan fingerprint density at radius 1 is 1.32 bits per heavy atom. The molecule has 1 aromatic heterocycles. The summed E-state index contributed by atoms with van der Waals surface area (Å²) < 4.78 is 10.9. The number of nitrogens with one attached hydrogen (secondary N) is 1. The fourth-order valence-electron chi connectivity index (χ4n) is 2.88. The van der Waals surface area contributed by atoms with Crippen molar-refractivity contribution in [1.82, 2.24) is 10.2 Å². The average Bonchev–Trinajstić information content (AvgIpc) is 2.85. The maximum absolute atomic E-state index is 11.8. The van der Waals surface area contributed by atoms with Crippen molar-refractivity contribution >= 4 is 23.0 Å². The highest BCUT2D eigenvalue weighted by atomic mass is 16.6. The molecule has 0 saturated carbocycles. The highest BCUT2D eigenvalue weighted by molar-refractivity contribution is 5.81. The maximum atomic E-state index is 11.8. The lowest BCUT2D eigenvalue weighted by molar-refractivity contribution is -0.146.